The van der Waals surface area contributed by atoms with Crippen LogP contribution in [-0.2, 0) is 14.8 Å². The van der Waals surface area contributed by atoms with Crippen molar-refractivity contribution >= 4 is 15.7 Å². The van der Waals surface area contributed by atoms with E-state index in [4.69, 9.17) is 10.5 Å². The predicted octanol–water partition coefficient (Wildman–Crippen LogP) is 1.76. The van der Waals surface area contributed by atoms with E-state index in [-0.39, 0.29) is 16.5 Å². The Hall–Kier alpha value is -1.18. The summed E-state index contributed by atoms with van der Waals surface area (Å²) in [7, 11) is -2.04. The molecule has 0 radical (unpaired) electrons. The highest BCUT2D eigenvalue weighted by molar-refractivity contribution is 7.89. The first-order chi connectivity index (χ1) is 9.86. The number of halogens is 1. The lowest BCUT2D eigenvalue weighted by Crippen LogP contribution is -2.41. The van der Waals surface area contributed by atoms with Crippen LogP contribution in [0.3, 0.4) is 0 Å². The predicted molar refractivity (Wildman–Crippen MR) is 78.9 cm³/mol. The molecule has 1 aromatic carbocycles. The van der Waals surface area contributed by atoms with Gasteiger partial charge in [0.05, 0.1) is 17.2 Å². The molecule has 0 aliphatic carbocycles. The van der Waals surface area contributed by atoms with Crippen LogP contribution in [0.25, 0.3) is 0 Å². The lowest BCUT2D eigenvalue weighted by molar-refractivity contribution is 0.118. The van der Waals surface area contributed by atoms with E-state index in [2.05, 4.69) is 0 Å². The molecule has 1 atom stereocenters. The maximum atomic E-state index is 13.4. The minimum Gasteiger partial charge on any atom is -0.396 e. The Morgan fingerprint density at radius 1 is 1.48 bits per heavy atom. The van der Waals surface area contributed by atoms with Crippen LogP contribution in [0.4, 0.5) is 10.1 Å². The molecule has 1 unspecified atom stereocenters. The van der Waals surface area contributed by atoms with Crippen molar-refractivity contribution in [2.75, 3.05) is 32.5 Å². The van der Waals surface area contributed by atoms with Crippen LogP contribution < -0.4 is 5.73 Å². The van der Waals surface area contributed by atoms with Gasteiger partial charge in [-0.15, -0.1) is 0 Å². The number of nitrogens with two attached hydrogens (primary N) is 1. The summed E-state index contributed by atoms with van der Waals surface area (Å²) in [4.78, 5) is 0.0828. The van der Waals surface area contributed by atoms with Gasteiger partial charge in [-0.2, -0.15) is 4.31 Å². The Balaban J connectivity index is 2.31. The van der Waals surface area contributed by atoms with Crippen molar-refractivity contribution in [2.24, 2.45) is 5.92 Å². The molecule has 0 aromatic heterocycles. The monoisotopic (exact) mass is 316 g/mol. The number of sulfonamides is 1. The highest BCUT2D eigenvalue weighted by Gasteiger charge is 2.31. The van der Waals surface area contributed by atoms with E-state index in [9.17, 15) is 12.8 Å². The highest BCUT2D eigenvalue weighted by Crippen LogP contribution is 2.28. The zero-order chi connectivity index (χ0) is 15.6. The molecule has 0 spiro atoms. The number of rotatable bonds is 4. The molecule has 1 aliphatic heterocycles. The average Bonchev–Trinajstić information content (AvgIpc) is 2.43. The number of piperidine rings is 1. The molecule has 0 bridgehead atoms. The van der Waals surface area contributed by atoms with Crippen LogP contribution in [0.5, 0.6) is 0 Å². The van der Waals surface area contributed by atoms with Crippen LogP contribution in [0, 0.1) is 18.7 Å². The average molecular weight is 316 g/mol. The van der Waals surface area contributed by atoms with Gasteiger partial charge >= 0.3 is 0 Å². The van der Waals surface area contributed by atoms with E-state index in [1.165, 1.54) is 16.4 Å². The Morgan fingerprint density at radius 2 is 2.19 bits per heavy atom. The number of anilines is 1. The van der Waals surface area contributed by atoms with Crippen LogP contribution in [0.2, 0.25) is 0 Å². The molecule has 1 saturated heterocycles. The SMILES string of the molecule is COCC1CCCN(S(=O)(=O)c2cc(N)c(F)cc2C)C1. The summed E-state index contributed by atoms with van der Waals surface area (Å²) in [5.74, 6) is -0.404. The molecule has 0 amide bonds. The molecule has 7 heteroatoms. The van der Waals surface area contributed by atoms with Crippen molar-refractivity contribution in [3.63, 3.8) is 0 Å². The number of aryl methyl sites for hydroxylation is 1. The van der Waals surface area contributed by atoms with Gasteiger partial charge < -0.3 is 10.5 Å². The van der Waals surface area contributed by atoms with Gasteiger partial charge in [0, 0.05) is 20.2 Å². The summed E-state index contributed by atoms with van der Waals surface area (Å²) >= 11 is 0. The van der Waals surface area contributed by atoms with E-state index < -0.39 is 15.8 Å². The maximum absolute atomic E-state index is 13.4. The van der Waals surface area contributed by atoms with Crippen molar-refractivity contribution in [1.29, 1.82) is 0 Å². The van der Waals surface area contributed by atoms with Crippen LogP contribution in [0.1, 0.15) is 18.4 Å². The molecule has 1 aliphatic rings. The van der Waals surface area contributed by atoms with E-state index in [0.29, 0.717) is 25.3 Å². The lowest BCUT2D eigenvalue weighted by Gasteiger charge is -2.32. The van der Waals surface area contributed by atoms with Gasteiger partial charge in [0.25, 0.3) is 0 Å². The third kappa shape index (κ3) is 3.36. The van der Waals surface area contributed by atoms with E-state index in [1.54, 1.807) is 14.0 Å². The molecule has 118 valence electrons. The summed E-state index contributed by atoms with van der Waals surface area (Å²) in [6.07, 6.45) is 1.74. The summed E-state index contributed by atoms with van der Waals surface area (Å²) < 4.78 is 45.4. The minimum atomic E-state index is -3.65. The van der Waals surface area contributed by atoms with Crippen LogP contribution >= 0.6 is 0 Å². The first-order valence-electron chi connectivity index (χ1n) is 6.91. The Labute approximate surface area is 124 Å². The van der Waals surface area contributed by atoms with E-state index in [1.807, 2.05) is 0 Å². The van der Waals surface area contributed by atoms with Crippen molar-refractivity contribution in [3.8, 4) is 0 Å². The fourth-order valence-corrected chi connectivity index (χ4v) is 4.50. The number of methoxy groups -OCH3 is 1. The van der Waals surface area contributed by atoms with Crippen LogP contribution in [0.15, 0.2) is 17.0 Å². The Morgan fingerprint density at radius 3 is 2.86 bits per heavy atom. The van der Waals surface area contributed by atoms with Gasteiger partial charge in [-0.1, -0.05) is 0 Å². The van der Waals surface area contributed by atoms with E-state index in [0.717, 1.165) is 12.8 Å². The molecule has 1 heterocycles. The molecular weight excluding hydrogens is 295 g/mol. The first kappa shape index (κ1) is 16.2. The third-order valence-corrected chi connectivity index (χ3v) is 5.80. The number of benzene rings is 1. The molecule has 2 N–H and O–H groups in total. The second kappa shape index (κ2) is 6.29. The second-order valence-corrected chi connectivity index (χ2v) is 7.37. The standard InChI is InChI=1S/C14H21FN2O3S/c1-10-6-12(15)13(16)7-14(10)21(18,19)17-5-3-4-11(8-17)9-20-2/h6-7,11H,3-5,8-9,16H2,1-2H3. The number of ether oxygens (including phenoxy) is 1. The number of hydrogen-bond acceptors (Lipinski definition) is 4. The van der Waals surface area contributed by atoms with Gasteiger partial charge in [-0.25, -0.2) is 12.8 Å². The molecule has 5 nitrogen and oxygen atoms in total. The molecule has 2 rings (SSSR count). The van der Waals surface area contributed by atoms with Crippen molar-refractivity contribution in [1.82, 2.24) is 4.31 Å². The smallest absolute Gasteiger partial charge is 0.243 e. The third-order valence-electron chi connectivity index (χ3n) is 3.80. The molecule has 21 heavy (non-hydrogen) atoms. The minimum absolute atomic E-state index is 0.0828. The topological polar surface area (TPSA) is 72.6 Å². The molecular formula is C14H21FN2O3S. The summed E-state index contributed by atoms with van der Waals surface area (Å²) in [5.41, 5.74) is 5.74. The highest BCUT2D eigenvalue weighted by atomic mass is 32.2. The molecule has 1 aromatic rings. The Bertz CT molecular complexity index is 617. The van der Waals surface area contributed by atoms with Gasteiger partial charge in [-0.3, -0.25) is 0 Å². The quantitative estimate of drug-likeness (QED) is 0.859. The van der Waals surface area contributed by atoms with E-state index >= 15 is 0 Å². The fourth-order valence-electron chi connectivity index (χ4n) is 2.70. The molecule has 0 saturated carbocycles. The summed E-state index contributed by atoms with van der Waals surface area (Å²) in [6, 6.07) is 2.37. The van der Waals surface area contributed by atoms with Crippen molar-refractivity contribution in [3.05, 3.63) is 23.5 Å². The largest absolute Gasteiger partial charge is 0.396 e. The zero-order valence-electron chi connectivity index (χ0n) is 12.3. The maximum Gasteiger partial charge on any atom is 0.243 e. The van der Waals surface area contributed by atoms with Gasteiger partial charge in [-0.05, 0) is 43.4 Å². The lowest BCUT2D eigenvalue weighted by atomic mass is 10.0. The summed E-state index contributed by atoms with van der Waals surface area (Å²) in [5, 5.41) is 0. The number of nitrogen functional groups attached to an aromatic ring is 1. The zero-order valence-corrected chi connectivity index (χ0v) is 13.1. The Kier molecular flexibility index (Phi) is 4.85. The summed E-state index contributed by atoms with van der Waals surface area (Å²) in [6.45, 7) is 3.01. The fraction of sp³-hybridized carbons (Fsp3) is 0.571. The van der Waals surface area contributed by atoms with Crippen LogP contribution in [-0.4, -0.2) is 39.5 Å². The normalized spacial score (nSPS) is 20.6. The van der Waals surface area contributed by atoms with Gasteiger partial charge in [0.2, 0.25) is 10.0 Å². The number of hydrogen-bond donors (Lipinski definition) is 1. The molecule has 1 fully saturated rings. The van der Waals surface area contributed by atoms with Crippen molar-refractivity contribution < 1.29 is 17.5 Å². The number of nitrogens with zero attached hydrogens (tertiary/aromatic N) is 1. The second-order valence-electron chi connectivity index (χ2n) is 5.47. The first-order valence-corrected chi connectivity index (χ1v) is 8.35. The van der Waals surface area contributed by atoms with Gasteiger partial charge in [0.1, 0.15) is 5.82 Å². The van der Waals surface area contributed by atoms with Crippen molar-refractivity contribution in [2.45, 2.75) is 24.7 Å². The van der Waals surface area contributed by atoms with Gasteiger partial charge in [0.15, 0.2) is 0 Å².